The molecule has 10 heavy (non-hydrogen) atoms. The molecule has 0 heterocycles. The summed E-state index contributed by atoms with van der Waals surface area (Å²) in [5.41, 5.74) is 0. The van der Waals surface area contributed by atoms with Crippen LogP contribution in [0.25, 0.3) is 0 Å². The van der Waals surface area contributed by atoms with Crippen molar-refractivity contribution in [2.24, 2.45) is 0 Å². The van der Waals surface area contributed by atoms with Gasteiger partial charge in [0.2, 0.25) is 0 Å². The molecule has 0 bridgehead atoms. The summed E-state index contributed by atoms with van der Waals surface area (Å²) in [4.78, 5) is 7.94. The van der Waals surface area contributed by atoms with Gasteiger partial charge in [0, 0.05) is 0 Å². The van der Waals surface area contributed by atoms with Crippen molar-refractivity contribution >= 4 is 0 Å². The molecule has 0 N–H and O–H groups in total. The van der Waals surface area contributed by atoms with Crippen molar-refractivity contribution in [3.63, 3.8) is 0 Å². The Balaban J connectivity index is 0. The maximum Gasteiger partial charge on any atom is 0.0826 e. The Bertz CT molecular complexity index is 64.0. The standard InChI is InChI=1S/C4H7F.C2H6O3/c1-2-3-4-5;1-3-5-4-2/h3-4H,2H2,1H3;1-2H3/b4-3+;. The molecule has 0 atom stereocenters. The van der Waals surface area contributed by atoms with Gasteiger partial charge >= 0.3 is 0 Å². The molecule has 0 saturated heterocycles. The van der Waals surface area contributed by atoms with Gasteiger partial charge in [0.05, 0.1) is 20.5 Å². The van der Waals surface area contributed by atoms with Crippen molar-refractivity contribution in [1.29, 1.82) is 0 Å². The highest BCUT2D eigenvalue weighted by molar-refractivity contribution is 4.67. The van der Waals surface area contributed by atoms with E-state index in [1.54, 1.807) is 0 Å². The summed E-state index contributed by atoms with van der Waals surface area (Å²) in [6.45, 7) is 1.88. The van der Waals surface area contributed by atoms with Crippen LogP contribution in [0.1, 0.15) is 13.3 Å². The molecule has 62 valence electrons. The third-order valence-electron chi connectivity index (χ3n) is 0.461. The van der Waals surface area contributed by atoms with Crippen LogP contribution in [0.15, 0.2) is 12.4 Å². The van der Waals surface area contributed by atoms with E-state index in [0.29, 0.717) is 6.33 Å². The second-order valence-corrected chi connectivity index (χ2v) is 1.17. The minimum atomic E-state index is 0.556. The summed E-state index contributed by atoms with van der Waals surface area (Å²) in [5.74, 6) is 0. The summed E-state index contributed by atoms with van der Waals surface area (Å²) in [7, 11) is 2.73. The molecule has 0 amide bonds. The number of hydrogen-bond acceptors (Lipinski definition) is 3. The normalized spacial score (nSPS) is 9.20. The number of rotatable bonds is 3. The fraction of sp³-hybridized carbons (Fsp3) is 0.667. The first-order valence-corrected chi connectivity index (χ1v) is 2.82. The van der Waals surface area contributed by atoms with Crippen molar-refractivity contribution in [3.05, 3.63) is 12.4 Å². The molecule has 3 nitrogen and oxygen atoms in total. The van der Waals surface area contributed by atoms with Crippen LogP contribution in [0.4, 0.5) is 4.39 Å². The first kappa shape index (κ1) is 12.2. The Hall–Kier alpha value is -0.450. The maximum atomic E-state index is 10.8. The predicted molar refractivity (Wildman–Crippen MR) is 35.6 cm³/mol. The summed E-state index contributed by atoms with van der Waals surface area (Å²) in [6.07, 6.45) is 2.80. The van der Waals surface area contributed by atoms with Gasteiger partial charge in [-0.3, -0.25) is 0 Å². The SMILES string of the molecule is CC/C=C/F.COOOC. The molecular formula is C6H13FO3. The molecule has 0 unspecified atom stereocenters. The molecule has 0 fully saturated rings. The van der Waals surface area contributed by atoms with Crippen molar-refractivity contribution in [2.75, 3.05) is 14.2 Å². The lowest BCUT2D eigenvalue weighted by atomic mass is 10.5. The predicted octanol–water partition coefficient (Wildman–Crippen LogP) is 2.01. The maximum absolute atomic E-state index is 10.8. The minimum Gasteiger partial charge on any atom is -0.216 e. The van der Waals surface area contributed by atoms with Gasteiger partial charge in [-0.15, -0.1) is 0 Å². The molecule has 0 aromatic rings. The van der Waals surface area contributed by atoms with Crippen LogP contribution in [-0.4, -0.2) is 14.2 Å². The van der Waals surface area contributed by atoms with Crippen LogP contribution in [0.5, 0.6) is 0 Å². The molecular weight excluding hydrogens is 139 g/mol. The van der Waals surface area contributed by atoms with Crippen LogP contribution in [0.3, 0.4) is 0 Å². The molecule has 0 aliphatic carbocycles. The smallest absolute Gasteiger partial charge is 0.0826 e. The molecule has 0 aromatic carbocycles. The van der Waals surface area contributed by atoms with Gasteiger partial charge in [0.15, 0.2) is 0 Å². The Morgan fingerprint density at radius 1 is 1.30 bits per heavy atom. The van der Waals surface area contributed by atoms with E-state index in [9.17, 15) is 4.39 Å². The molecule has 0 aromatic heterocycles. The third-order valence-corrected chi connectivity index (χ3v) is 0.461. The quantitative estimate of drug-likeness (QED) is 0.457. The first-order chi connectivity index (χ1) is 4.83. The van der Waals surface area contributed by atoms with Gasteiger partial charge < -0.3 is 0 Å². The monoisotopic (exact) mass is 152 g/mol. The van der Waals surface area contributed by atoms with E-state index in [4.69, 9.17) is 0 Å². The Kier molecular flexibility index (Phi) is 19.4. The van der Waals surface area contributed by atoms with Crippen LogP contribution in [0, 0.1) is 0 Å². The van der Waals surface area contributed by atoms with E-state index in [2.05, 4.69) is 14.8 Å². The lowest BCUT2D eigenvalue weighted by molar-refractivity contribution is -0.491. The van der Waals surface area contributed by atoms with Crippen LogP contribution in [-0.2, 0) is 14.8 Å². The van der Waals surface area contributed by atoms with Crippen molar-refractivity contribution in [1.82, 2.24) is 0 Å². The average molecular weight is 152 g/mol. The second-order valence-electron chi connectivity index (χ2n) is 1.17. The van der Waals surface area contributed by atoms with Crippen molar-refractivity contribution in [2.45, 2.75) is 13.3 Å². The number of hydrogen-bond donors (Lipinski definition) is 0. The summed E-state index contributed by atoms with van der Waals surface area (Å²) in [5, 5.41) is 3.83. The average Bonchev–Trinajstić information content (AvgIpc) is 1.93. The molecule has 0 spiro atoms. The molecule has 0 radical (unpaired) electrons. The zero-order chi connectivity index (χ0) is 8.24. The van der Waals surface area contributed by atoms with Crippen LogP contribution >= 0.6 is 0 Å². The van der Waals surface area contributed by atoms with Crippen LogP contribution in [0.2, 0.25) is 0 Å². The van der Waals surface area contributed by atoms with Crippen molar-refractivity contribution in [3.8, 4) is 0 Å². The first-order valence-electron chi connectivity index (χ1n) is 2.82. The molecule has 0 saturated carbocycles. The van der Waals surface area contributed by atoms with E-state index >= 15 is 0 Å². The Morgan fingerprint density at radius 2 is 1.80 bits per heavy atom. The van der Waals surface area contributed by atoms with E-state index < -0.39 is 0 Å². The van der Waals surface area contributed by atoms with Gasteiger partial charge in [0.25, 0.3) is 0 Å². The Labute approximate surface area is 60.2 Å². The highest BCUT2D eigenvalue weighted by Crippen LogP contribution is 1.76. The Morgan fingerprint density at radius 3 is 1.80 bits per heavy atom. The second kappa shape index (κ2) is 15.8. The zero-order valence-electron chi connectivity index (χ0n) is 6.46. The van der Waals surface area contributed by atoms with Gasteiger partial charge in [0.1, 0.15) is 0 Å². The molecule has 4 heteroatoms. The van der Waals surface area contributed by atoms with Gasteiger partial charge in [-0.25, -0.2) is 14.2 Å². The molecule has 0 rings (SSSR count). The van der Waals surface area contributed by atoms with Crippen LogP contribution < -0.4 is 0 Å². The fourth-order valence-corrected chi connectivity index (χ4v) is 0.157. The minimum absolute atomic E-state index is 0.556. The third kappa shape index (κ3) is 25.7. The number of allylic oxidation sites excluding steroid dienone is 1. The topological polar surface area (TPSA) is 27.7 Å². The van der Waals surface area contributed by atoms with E-state index in [-0.39, 0.29) is 0 Å². The van der Waals surface area contributed by atoms with E-state index in [1.165, 1.54) is 20.3 Å². The van der Waals surface area contributed by atoms with E-state index in [1.807, 2.05) is 6.92 Å². The highest BCUT2D eigenvalue weighted by atomic mass is 19.1. The molecule has 0 aliphatic heterocycles. The molecule has 0 aliphatic rings. The lowest BCUT2D eigenvalue weighted by Gasteiger charge is -1.85. The summed E-state index contributed by atoms with van der Waals surface area (Å²) in [6, 6.07) is 0. The van der Waals surface area contributed by atoms with E-state index in [0.717, 1.165) is 6.42 Å². The van der Waals surface area contributed by atoms with Crippen molar-refractivity contribution < 1.29 is 19.2 Å². The zero-order valence-corrected chi connectivity index (χ0v) is 6.46. The lowest BCUT2D eigenvalue weighted by Crippen LogP contribution is -1.82. The summed E-state index contributed by atoms with van der Waals surface area (Å²) >= 11 is 0. The van der Waals surface area contributed by atoms with Gasteiger partial charge in [-0.2, -0.15) is 0 Å². The highest BCUT2D eigenvalue weighted by Gasteiger charge is 1.62. The fourth-order valence-electron chi connectivity index (χ4n) is 0.157. The number of halogens is 1. The van der Waals surface area contributed by atoms with Gasteiger partial charge in [-0.05, 0) is 6.42 Å². The van der Waals surface area contributed by atoms with Gasteiger partial charge in [-0.1, -0.05) is 18.0 Å². The summed E-state index contributed by atoms with van der Waals surface area (Å²) < 4.78 is 10.8. The largest absolute Gasteiger partial charge is 0.216 e.